The highest BCUT2D eigenvalue weighted by Gasteiger charge is 2.28. The van der Waals surface area contributed by atoms with E-state index in [2.05, 4.69) is 10.3 Å². The minimum absolute atomic E-state index is 0.0211. The molecule has 1 aliphatic rings. The second-order valence-corrected chi connectivity index (χ2v) is 5.62. The van der Waals surface area contributed by atoms with Crippen LogP contribution in [0.25, 0.3) is 10.2 Å². The first-order chi connectivity index (χ1) is 9.28. The molecule has 0 aliphatic carbocycles. The monoisotopic (exact) mass is 277 g/mol. The molecule has 1 aromatic heterocycles. The molecule has 1 saturated heterocycles. The Morgan fingerprint density at radius 3 is 3.16 bits per heavy atom. The molecule has 3 rings (SSSR count). The van der Waals surface area contributed by atoms with Crippen LogP contribution >= 0.6 is 11.3 Å². The highest BCUT2D eigenvalue weighted by Crippen LogP contribution is 2.26. The van der Waals surface area contributed by atoms with Crippen LogP contribution in [0.15, 0.2) is 24.3 Å². The first-order valence-electron chi connectivity index (χ1n) is 6.32. The van der Waals surface area contributed by atoms with Gasteiger partial charge in [0.2, 0.25) is 0 Å². The van der Waals surface area contributed by atoms with E-state index in [0.717, 1.165) is 23.1 Å². The molecular weight excluding hydrogens is 262 g/mol. The minimum Gasteiger partial charge on any atom is -0.394 e. The molecule has 6 heteroatoms. The van der Waals surface area contributed by atoms with Gasteiger partial charge in [-0.05, 0) is 25.0 Å². The summed E-state index contributed by atoms with van der Waals surface area (Å²) in [5.74, 6) is 0. The Morgan fingerprint density at radius 2 is 2.37 bits per heavy atom. The van der Waals surface area contributed by atoms with Crippen LogP contribution in [0.1, 0.15) is 12.8 Å². The molecule has 19 heavy (non-hydrogen) atoms. The van der Waals surface area contributed by atoms with E-state index in [9.17, 15) is 9.90 Å². The molecule has 1 aliphatic heterocycles. The Hall–Kier alpha value is -1.66. The number of fused-ring (bicyclic) bond motifs is 1. The molecule has 1 atom stereocenters. The smallest absolute Gasteiger partial charge is 0.323 e. The van der Waals surface area contributed by atoms with Gasteiger partial charge in [-0.25, -0.2) is 9.78 Å². The number of carbonyl (C=O) groups is 1. The van der Waals surface area contributed by atoms with Gasteiger partial charge in [0.15, 0.2) is 5.13 Å². The number of likely N-dealkylation sites (tertiary alicyclic amines) is 1. The number of nitrogens with zero attached hydrogens (tertiary/aromatic N) is 2. The second kappa shape index (κ2) is 5.14. The SMILES string of the molecule is O=C(Nc1nc2ccccc2s1)N1CCC[C@@H]1CO. The molecule has 5 nitrogen and oxygen atoms in total. The summed E-state index contributed by atoms with van der Waals surface area (Å²) in [6, 6.07) is 7.55. The second-order valence-electron chi connectivity index (χ2n) is 4.59. The minimum atomic E-state index is -0.171. The van der Waals surface area contributed by atoms with E-state index in [1.54, 1.807) is 4.90 Å². The number of anilines is 1. The Bertz CT molecular complexity index is 565. The van der Waals surface area contributed by atoms with E-state index >= 15 is 0 Å². The zero-order valence-electron chi connectivity index (χ0n) is 10.4. The summed E-state index contributed by atoms with van der Waals surface area (Å²) in [6.07, 6.45) is 1.81. The van der Waals surface area contributed by atoms with Gasteiger partial charge < -0.3 is 10.0 Å². The van der Waals surface area contributed by atoms with E-state index in [-0.39, 0.29) is 18.7 Å². The zero-order chi connectivity index (χ0) is 13.2. The molecule has 1 aromatic carbocycles. The number of benzene rings is 1. The number of hydrogen-bond acceptors (Lipinski definition) is 4. The van der Waals surface area contributed by atoms with E-state index in [4.69, 9.17) is 0 Å². The van der Waals surface area contributed by atoms with Gasteiger partial charge in [-0.1, -0.05) is 23.5 Å². The maximum atomic E-state index is 12.1. The van der Waals surface area contributed by atoms with Gasteiger partial charge in [-0.2, -0.15) is 0 Å². The van der Waals surface area contributed by atoms with Crippen molar-refractivity contribution in [2.75, 3.05) is 18.5 Å². The molecule has 0 spiro atoms. The Balaban J connectivity index is 1.75. The van der Waals surface area contributed by atoms with Crippen LogP contribution in [0.3, 0.4) is 0 Å². The molecule has 0 radical (unpaired) electrons. The standard InChI is InChI=1S/C13H15N3O2S/c17-8-9-4-3-7-16(9)13(18)15-12-14-10-5-1-2-6-11(10)19-12/h1-2,5-6,9,17H,3-4,7-8H2,(H,14,15,18)/t9-/m1/s1. The van der Waals surface area contributed by atoms with Gasteiger partial charge >= 0.3 is 6.03 Å². The third-order valence-electron chi connectivity index (χ3n) is 3.36. The summed E-state index contributed by atoms with van der Waals surface area (Å²) in [7, 11) is 0. The molecule has 0 unspecified atom stereocenters. The largest absolute Gasteiger partial charge is 0.394 e. The number of nitrogens with one attached hydrogen (secondary N) is 1. The quantitative estimate of drug-likeness (QED) is 0.885. The van der Waals surface area contributed by atoms with Crippen molar-refractivity contribution in [3.63, 3.8) is 0 Å². The molecule has 2 heterocycles. The van der Waals surface area contributed by atoms with Crippen LogP contribution in [0, 0.1) is 0 Å². The summed E-state index contributed by atoms with van der Waals surface area (Å²) in [6.45, 7) is 0.717. The molecule has 100 valence electrons. The lowest BCUT2D eigenvalue weighted by atomic mass is 10.2. The van der Waals surface area contributed by atoms with E-state index < -0.39 is 0 Å². The predicted octanol–water partition coefficient (Wildman–Crippen LogP) is 2.28. The predicted molar refractivity (Wildman–Crippen MR) is 75.5 cm³/mol. The highest BCUT2D eigenvalue weighted by atomic mass is 32.1. The van der Waals surface area contributed by atoms with Crippen LogP contribution in [0.4, 0.5) is 9.93 Å². The number of carbonyl (C=O) groups excluding carboxylic acids is 1. The van der Waals surface area contributed by atoms with Crippen molar-refractivity contribution in [1.82, 2.24) is 9.88 Å². The average molecular weight is 277 g/mol. The third kappa shape index (κ3) is 2.41. The maximum absolute atomic E-state index is 12.1. The topological polar surface area (TPSA) is 65.5 Å². The Kier molecular flexibility index (Phi) is 3.35. The molecule has 1 fully saturated rings. The van der Waals surface area contributed by atoms with E-state index in [1.165, 1.54) is 11.3 Å². The lowest BCUT2D eigenvalue weighted by molar-refractivity contribution is 0.166. The molecule has 0 bridgehead atoms. The van der Waals surface area contributed by atoms with Crippen molar-refractivity contribution in [1.29, 1.82) is 0 Å². The van der Waals surface area contributed by atoms with Gasteiger partial charge in [-0.3, -0.25) is 5.32 Å². The Labute approximate surface area is 114 Å². The van der Waals surface area contributed by atoms with Crippen LogP contribution in [-0.4, -0.2) is 40.2 Å². The number of aromatic nitrogens is 1. The van der Waals surface area contributed by atoms with Gasteiger partial charge in [0.05, 0.1) is 22.9 Å². The number of thiazole rings is 1. The summed E-state index contributed by atoms with van der Waals surface area (Å²) in [5, 5.41) is 12.7. The van der Waals surface area contributed by atoms with Crippen molar-refractivity contribution < 1.29 is 9.90 Å². The summed E-state index contributed by atoms with van der Waals surface area (Å²) >= 11 is 1.46. The first kappa shape index (κ1) is 12.4. The van der Waals surface area contributed by atoms with E-state index in [0.29, 0.717) is 11.7 Å². The summed E-state index contributed by atoms with van der Waals surface area (Å²) in [5.41, 5.74) is 0.892. The van der Waals surface area contributed by atoms with Gasteiger partial charge in [0.25, 0.3) is 0 Å². The summed E-state index contributed by atoms with van der Waals surface area (Å²) in [4.78, 5) is 18.2. The number of hydrogen-bond donors (Lipinski definition) is 2. The molecule has 2 N–H and O–H groups in total. The fourth-order valence-electron chi connectivity index (χ4n) is 2.38. The summed E-state index contributed by atoms with van der Waals surface area (Å²) < 4.78 is 1.05. The fourth-order valence-corrected chi connectivity index (χ4v) is 3.24. The molecular formula is C13H15N3O2S. The highest BCUT2D eigenvalue weighted by molar-refractivity contribution is 7.22. The number of aliphatic hydroxyl groups is 1. The van der Waals surface area contributed by atoms with Gasteiger partial charge in [0, 0.05) is 6.54 Å². The van der Waals surface area contributed by atoms with Crippen molar-refractivity contribution in [2.24, 2.45) is 0 Å². The number of urea groups is 1. The Morgan fingerprint density at radius 1 is 1.53 bits per heavy atom. The molecule has 2 amide bonds. The van der Waals surface area contributed by atoms with Gasteiger partial charge in [-0.15, -0.1) is 0 Å². The number of rotatable bonds is 2. The molecule has 0 saturated carbocycles. The first-order valence-corrected chi connectivity index (χ1v) is 7.13. The maximum Gasteiger partial charge on any atom is 0.323 e. The van der Waals surface area contributed by atoms with Crippen molar-refractivity contribution in [3.8, 4) is 0 Å². The van der Waals surface area contributed by atoms with Crippen LogP contribution in [0.2, 0.25) is 0 Å². The van der Waals surface area contributed by atoms with Crippen molar-refractivity contribution >= 4 is 32.7 Å². The van der Waals surface area contributed by atoms with Crippen LogP contribution in [0.5, 0.6) is 0 Å². The lowest BCUT2D eigenvalue weighted by Gasteiger charge is -2.22. The third-order valence-corrected chi connectivity index (χ3v) is 4.31. The lowest BCUT2D eigenvalue weighted by Crippen LogP contribution is -2.40. The fraction of sp³-hybridized carbons (Fsp3) is 0.385. The van der Waals surface area contributed by atoms with Crippen molar-refractivity contribution in [2.45, 2.75) is 18.9 Å². The normalized spacial score (nSPS) is 19.0. The number of para-hydroxylation sites is 1. The van der Waals surface area contributed by atoms with E-state index in [1.807, 2.05) is 24.3 Å². The average Bonchev–Trinajstić information content (AvgIpc) is 3.03. The van der Waals surface area contributed by atoms with Crippen LogP contribution in [-0.2, 0) is 0 Å². The van der Waals surface area contributed by atoms with Gasteiger partial charge in [0.1, 0.15) is 0 Å². The number of amides is 2. The number of aliphatic hydroxyl groups excluding tert-OH is 1. The van der Waals surface area contributed by atoms with Crippen LogP contribution < -0.4 is 5.32 Å². The van der Waals surface area contributed by atoms with Crippen molar-refractivity contribution in [3.05, 3.63) is 24.3 Å². The molecule has 2 aromatic rings. The zero-order valence-corrected chi connectivity index (χ0v) is 11.2.